The van der Waals surface area contributed by atoms with Crippen molar-refractivity contribution >= 4 is 17.2 Å². The van der Waals surface area contributed by atoms with Gasteiger partial charge in [0.1, 0.15) is 9.88 Å². The lowest BCUT2D eigenvalue weighted by atomic mass is 9.54. The molecule has 5 rings (SSSR count). The number of ether oxygens (including phenoxy) is 2. The van der Waals surface area contributed by atoms with Crippen molar-refractivity contribution in [2.75, 3.05) is 6.79 Å². The smallest absolute Gasteiger partial charge is 0.263 e. The minimum absolute atomic E-state index is 0.00123. The topological polar surface area (TPSA) is 60.5 Å². The number of rotatable bonds is 3. The molecule has 6 heteroatoms. The predicted molar refractivity (Wildman–Crippen MR) is 90.4 cm³/mol. The molecule has 0 atom stereocenters. The van der Waals surface area contributed by atoms with E-state index in [1.807, 2.05) is 18.2 Å². The Morgan fingerprint density at radius 1 is 1.25 bits per heavy atom. The van der Waals surface area contributed by atoms with Crippen LogP contribution in [0.4, 0.5) is 0 Å². The SMILES string of the molecule is O=C(NC1CC2(CCC2)C1)c1cnc(-c2ccc3c(c2)OCO3)s1. The first-order valence-electron chi connectivity index (χ1n) is 8.38. The van der Waals surface area contributed by atoms with Crippen LogP contribution in [-0.2, 0) is 0 Å². The average molecular weight is 342 g/mol. The largest absolute Gasteiger partial charge is 0.454 e. The van der Waals surface area contributed by atoms with E-state index in [0.717, 1.165) is 34.9 Å². The number of carbonyl (C=O) groups excluding carboxylic acids is 1. The molecule has 1 aromatic heterocycles. The molecular formula is C18H18N2O3S. The lowest BCUT2D eigenvalue weighted by Crippen LogP contribution is -2.53. The van der Waals surface area contributed by atoms with Crippen LogP contribution in [0, 0.1) is 5.41 Å². The molecule has 1 amide bonds. The van der Waals surface area contributed by atoms with Gasteiger partial charge >= 0.3 is 0 Å². The van der Waals surface area contributed by atoms with Crippen LogP contribution in [0.2, 0.25) is 0 Å². The van der Waals surface area contributed by atoms with Crippen LogP contribution < -0.4 is 14.8 Å². The van der Waals surface area contributed by atoms with Crippen LogP contribution in [0.15, 0.2) is 24.4 Å². The molecule has 0 saturated heterocycles. The molecule has 2 aromatic rings. The van der Waals surface area contributed by atoms with Crippen LogP contribution in [0.25, 0.3) is 10.6 Å². The minimum Gasteiger partial charge on any atom is -0.454 e. The first kappa shape index (κ1) is 14.3. The van der Waals surface area contributed by atoms with Crippen molar-refractivity contribution in [3.8, 4) is 22.1 Å². The molecule has 2 fully saturated rings. The normalized spacial score (nSPS) is 20.5. The van der Waals surface area contributed by atoms with Crippen LogP contribution >= 0.6 is 11.3 Å². The van der Waals surface area contributed by atoms with E-state index in [-0.39, 0.29) is 12.7 Å². The molecule has 1 aliphatic heterocycles. The Hall–Kier alpha value is -2.08. The number of hydrogen-bond donors (Lipinski definition) is 1. The van der Waals surface area contributed by atoms with Gasteiger partial charge in [0.15, 0.2) is 11.5 Å². The highest BCUT2D eigenvalue weighted by molar-refractivity contribution is 7.16. The summed E-state index contributed by atoms with van der Waals surface area (Å²) in [6.45, 7) is 0.257. The van der Waals surface area contributed by atoms with Crippen molar-refractivity contribution in [1.29, 1.82) is 0 Å². The van der Waals surface area contributed by atoms with E-state index < -0.39 is 0 Å². The first-order valence-corrected chi connectivity index (χ1v) is 9.19. The highest BCUT2D eigenvalue weighted by Crippen LogP contribution is 2.55. The van der Waals surface area contributed by atoms with Gasteiger partial charge in [-0.15, -0.1) is 11.3 Å². The lowest BCUT2D eigenvalue weighted by molar-refractivity contribution is -0.000562. The van der Waals surface area contributed by atoms with E-state index in [1.54, 1.807) is 6.20 Å². The van der Waals surface area contributed by atoms with Crippen molar-refractivity contribution in [2.24, 2.45) is 5.41 Å². The summed E-state index contributed by atoms with van der Waals surface area (Å²) in [7, 11) is 0. The fourth-order valence-electron chi connectivity index (χ4n) is 3.97. The quantitative estimate of drug-likeness (QED) is 0.926. The molecule has 3 aliphatic rings. The fraction of sp³-hybridized carbons (Fsp3) is 0.444. The zero-order valence-electron chi connectivity index (χ0n) is 13.2. The molecule has 5 nitrogen and oxygen atoms in total. The van der Waals surface area contributed by atoms with Gasteiger partial charge in [0.2, 0.25) is 6.79 Å². The Morgan fingerprint density at radius 3 is 2.88 bits per heavy atom. The molecule has 1 aromatic carbocycles. The Morgan fingerprint density at radius 2 is 2.08 bits per heavy atom. The molecule has 0 unspecified atom stereocenters. The number of nitrogens with one attached hydrogen (secondary N) is 1. The lowest BCUT2D eigenvalue weighted by Gasteiger charge is -2.54. The third-order valence-corrected chi connectivity index (χ3v) is 6.50. The summed E-state index contributed by atoms with van der Waals surface area (Å²) in [5.74, 6) is 1.48. The Bertz CT molecular complexity index is 804. The van der Waals surface area contributed by atoms with Gasteiger partial charge in [-0.05, 0) is 49.3 Å². The van der Waals surface area contributed by atoms with E-state index in [2.05, 4.69) is 10.3 Å². The van der Waals surface area contributed by atoms with Crippen LogP contribution in [0.3, 0.4) is 0 Å². The van der Waals surface area contributed by atoms with Gasteiger partial charge in [0.05, 0.1) is 6.20 Å². The summed E-state index contributed by atoms with van der Waals surface area (Å²) >= 11 is 1.42. The number of thiazole rings is 1. The Balaban J connectivity index is 1.27. The average Bonchev–Trinajstić information content (AvgIpc) is 3.15. The maximum absolute atomic E-state index is 12.4. The van der Waals surface area contributed by atoms with Crippen molar-refractivity contribution in [1.82, 2.24) is 10.3 Å². The van der Waals surface area contributed by atoms with Gasteiger partial charge in [0, 0.05) is 11.6 Å². The highest BCUT2D eigenvalue weighted by atomic mass is 32.1. The van der Waals surface area contributed by atoms with Gasteiger partial charge in [0.25, 0.3) is 5.91 Å². The maximum Gasteiger partial charge on any atom is 0.263 e. The van der Waals surface area contributed by atoms with E-state index in [4.69, 9.17) is 9.47 Å². The van der Waals surface area contributed by atoms with Gasteiger partial charge in [-0.1, -0.05) is 6.42 Å². The number of benzene rings is 1. The number of aromatic nitrogens is 1. The summed E-state index contributed by atoms with van der Waals surface area (Å²) in [4.78, 5) is 17.5. The van der Waals surface area contributed by atoms with Crippen LogP contribution in [0.5, 0.6) is 11.5 Å². The molecule has 124 valence electrons. The van der Waals surface area contributed by atoms with Gasteiger partial charge < -0.3 is 14.8 Å². The first-order chi connectivity index (χ1) is 11.7. The zero-order chi connectivity index (χ0) is 16.1. The second-order valence-electron chi connectivity index (χ2n) is 7.03. The summed E-state index contributed by atoms with van der Waals surface area (Å²) in [6, 6.07) is 6.08. The summed E-state index contributed by atoms with van der Waals surface area (Å²) < 4.78 is 10.7. The molecule has 2 heterocycles. The molecule has 24 heavy (non-hydrogen) atoms. The molecular weight excluding hydrogens is 324 g/mol. The molecule has 2 saturated carbocycles. The van der Waals surface area contributed by atoms with E-state index >= 15 is 0 Å². The van der Waals surface area contributed by atoms with Crippen molar-refractivity contribution in [2.45, 2.75) is 38.1 Å². The number of amides is 1. The van der Waals surface area contributed by atoms with E-state index in [0.29, 0.717) is 16.3 Å². The second-order valence-corrected chi connectivity index (χ2v) is 8.06. The number of carbonyl (C=O) groups is 1. The Kier molecular flexibility index (Phi) is 3.10. The zero-order valence-corrected chi connectivity index (χ0v) is 14.0. The summed E-state index contributed by atoms with van der Waals surface area (Å²) in [6.07, 6.45) is 7.99. The molecule has 0 bridgehead atoms. The maximum atomic E-state index is 12.4. The van der Waals surface area contributed by atoms with Crippen molar-refractivity contribution in [3.05, 3.63) is 29.3 Å². The third kappa shape index (κ3) is 2.28. The third-order valence-electron chi connectivity index (χ3n) is 5.46. The fourth-order valence-corrected chi connectivity index (χ4v) is 4.79. The number of hydrogen-bond acceptors (Lipinski definition) is 5. The van der Waals surface area contributed by atoms with E-state index in [1.165, 1.54) is 30.6 Å². The second kappa shape index (κ2) is 5.21. The van der Waals surface area contributed by atoms with Crippen molar-refractivity contribution in [3.63, 3.8) is 0 Å². The predicted octanol–water partition coefficient (Wildman–Crippen LogP) is 3.60. The summed E-state index contributed by atoms with van der Waals surface area (Å²) in [5, 5.41) is 3.97. The van der Waals surface area contributed by atoms with Crippen LogP contribution in [-0.4, -0.2) is 23.7 Å². The number of nitrogens with zero attached hydrogens (tertiary/aromatic N) is 1. The molecule has 1 spiro atoms. The van der Waals surface area contributed by atoms with E-state index in [9.17, 15) is 4.79 Å². The van der Waals surface area contributed by atoms with Crippen molar-refractivity contribution < 1.29 is 14.3 Å². The standard InChI is InChI=1S/C18H18N2O3S/c21-16(20-12-7-18(8-12)4-1-5-18)15-9-19-17(24-15)11-2-3-13-14(6-11)23-10-22-13/h2-3,6,9,12H,1,4-5,7-8,10H2,(H,20,21). The number of fused-ring (bicyclic) bond motifs is 1. The Labute approximate surface area is 144 Å². The monoisotopic (exact) mass is 342 g/mol. The highest BCUT2D eigenvalue weighted by Gasteiger charge is 2.48. The van der Waals surface area contributed by atoms with Crippen LogP contribution in [0.1, 0.15) is 41.8 Å². The van der Waals surface area contributed by atoms with Gasteiger partial charge in [-0.3, -0.25) is 4.79 Å². The molecule has 1 N–H and O–H groups in total. The van der Waals surface area contributed by atoms with Gasteiger partial charge in [-0.25, -0.2) is 4.98 Å². The summed E-state index contributed by atoms with van der Waals surface area (Å²) in [5.41, 5.74) is 1.52. The minimum atomic E-state index is -0.00123. The van der Waals surface area contributed by atoms with Gasteiger partial charge in [-0.2, -0.15) is 0 Å². The molecule has 2 aliphatic carbocycles. The molecule has 0 radical (unpaired) electrons.